The SMILES string of the molecule is N[C@@H](C=O)[C@@H](O)[C@H](O)[C@H](O)COS(=O)(=O)O. The molecule has 0 aromatic rings. The largest absolute Gasteiger partial charge is 0.397 e. The van der Waals surface area contributed by atoms with Crippen molar-refractivity contribution in [3.63, 3.8) is 0 Å². The number of aldehydes is 1. The second-order valence-corrected chi connectivity index (χ2v) is 4.07. The Morgan fingerprint density at radius 2 is 1.75 bits per heavy atom. The number of hydrogen-bond donors (Lipinski definition) is 5. The zero-order valence-corrected chi connectivity index (χ0v) is 8.82. The van der Waals surface area contributed by atoms with Gasteiger partial charge in [-0.2, -0.15) is 8.42 Å². The lowest BCUT2D eigenvalue weighted by Gasteiger charge is -2.23. The third-order valence-electron chi connectivity index (χ3n) is 1.68. The molecule has 0 rings (SSSR count). The maximum Gasteiger partial charge on any atom is 0.397 e. The molecule has 0 fully saturated rings. The first-order valence-corrected chi connectivity index (χ1v) is 5.42. The van der Waals surface area contributed by atoms with Crippen LogP contribution in [-0.4, -0.2) is 65.5 Å². The van der Waals surface area contributed by atoms with Crippen LogP contribution in [0.4, 0.5) is 0 Å². The molecule has 0 spiro atoms. The van der Waals surface area contributed by atoms with Gasteiger partial charge in [0.05, 0.1) is 12.6 Å². The Morgan fingerprint density at radius 3 is 2.12 bits per heavy atom. The predicted molar refractivity (Wildman–Crippen MR) is 49.6 cm³/mol. The fourth-order valence-corrected chi connectivity index (χ4v) is 1.10. The molecule has 0 amide bonds. The van der Waals surface area contributed by atoms with Crippen molar-refractivity contribution in [2.24, 2.45) is 5.73 Å². The standard InChI is InChI=1S/C6H13NO8S/c7-3(1-8)5(10)6(11)4(9)2-15-16(12,13)14/h1,3-6,9-11H,2,7H2,(H,12,13,14)/t3-,4+,5+,6+/m0/s1. The Labute approximate surface area is 91.4 Å². The second-order valence-electron chi connectivity index (χ2n) is 2.97. The summed E-state index contributed by atoms with van der Waals surface area (Å²) in [6.45, 7) is -0.983. The van der Waals surface area contributed by atoms with Crippen molar-refractivity contribution in [1.29, 1.82) is 0 Å². The first-order chi connectivity index (χ1) is 7.19. The summed E-state index contributed by atoms with van der Waals surface area (Å²) in [5.74, 6) is 0. The quantitative estimate of drug-likeness (QED) is 0.229. The molecule has 0 aliphatic rings. The fraction of sp³-hybridized carbons (Fsp3) is 0.833. The first kappa shape index (κ1) is 15.4. The van der Waals surface area contributed by atoms with E-state index in [1.165, 1.54) is 0 Å². The van der Waals surface area contributed by atoms with Gasteiger partial charge in [-0.05, 0) is 0 Å². The molecular weight excluding hydrogens is 246 g/mol. The number of carbonyl (C=O) groups is 1. The summed E-state index contributed by atoms with van der Waals surface area (Å²) in [5, 5.41) is 27.5. The van der Waals surface area contributed by atoms with E-state index in [4.69, 9.17) is 20.5 Å². The third-order valence-corrected chi connectivity index (χ3v) is 2.12. The second kappa shape index (κ2) is 6.20. The molecule has 0 aliphatic carbocycles. The van der Waals surface area contributed by atoms with Crippen molar-refractivity contribution in [3.05, 3.63) is 0 Å². The van der Waals surface area contributed by atoms with Crippen LogP contribution in [0, 0.1) is 0 Å². The van der Waals surface area contributed by atoms with Crippen LogP contribution in [0.15, 0.2) is 0 Å². The molecular formula is C6H13NO8S. The summed E-state index contributed by atoms with van der Waals surface area (Å²) in [4.78, 5) is 10.1. The number of nitrogens with two attached hydrogens (primary N) is 1. The zero-order valence-electron chi connectivity index (χ0n) is 8.00. The maximum atomic E-state index is 10.1. The molecule has 0 bridgehead atoms. The molecule has 0 aromatic carbocycles. The minimum Gasteiger partial charge on any atom is -0.388 e. The van der Waals surface area contributed by atoms with Crippen molar-refractivity contribution in [2.45, 2.75) is 24.4 Å². The van der Waals surface area contributed by atoms with Gasteiger partial charge < -0.3 is 25.8 Å². The molecule has 0 aliphatic heterocycles. The van der Waals surface area contributed by atoms with Crippen LogP contribution in [0.25, 0.3) is 0 Å². The highest BCUT2D eigenvalue weighted by Crippen LogP contribution is 2.04. The molecule has 0 saturated carbocycles. The zero-order chi connectivity index (χ0) is 12.9. The Morgan fingerprint density at radius 1 is 1.25 bits per heavy atom. The Kier molecular flexibility index (Phi) is 5.96. The maximum absolute atomic E-state index is 10.1. The van der Waals surface area contributed by atoms with Crippen LogP contribution < -0.4 is 5.73 Å². The predicted octanol–water partition coefficient (Wildman–Crippen LogP) is -3.59. The number of carbonyl (C=O) groups excluding carboxylic acids is 1. The van der Waals surface area contributed by atoms with Gasteiger partial charge in [0.1, 0.15) is 24.6 Å². The van der Waals surface area contributed by atoms with Crippen LogP contribution in [0.2, 0.25) is 0 Å². The lowest BCUT2D eigenvalue weighted by Crippen LogP contribution is -2.50. The van der Waals surface area contributed by atoms with Crippen LogP contribution in [0.1, 0.15) is 0 Å². The van der Waals surface area contributed by atoms with E-state index in [9.17, 15) is 18.3 Å². The van der Waals surface area contributed by atoms with Gasteiger partial charge in [0, 0.05) is 0 Å². The van der Waals surface area contributed by atoms with Gasteiger partial charge in [0.25, 0.3) is 0 Å². The average Bonchev–Trinajstić information content (AvgIpc) is 2.21. The summed E-state index contributed by atoms with van der Waals surface area (Å²) in [5.41, 5.74) is 5.04. The number of aliphatic hydroxyl groups excluding tert-OH is 3. The van der Waals surface area contributed by atoms with Crippen molar-refractivity contribution in [1.82, 2.24) is 0 Å². The first-order valence-electron chi connectivity index (χ1n) is 4.06. The summed E-state index contributed by atoms with van der Waals surface area (Å²) in [6, 6.07) is -1.43. The molecule has 9 nitrogen and oxygen atoms in total. The highest BCUT2D eigenvalue weighted by atomic mass is 32.3. The number of hydrogen-bond acceptors (Lipinski definition) is 8. The Hall–Kier alpha value is -0.620. The van der Waals surface area contributed by atoms with E-state index in [1.807, 2.05) is 0 Å². The highest BCUT2D eigenvalue weighted by Gasteiger charge is 2.30. The van der Waals surface area contributed by atoms with Crippen molar-refractivity contribution in [2.75, 3.05) is 6.61 Å². The van der Waals surface area contributed by atoms with Crippen molar-refractivity contribution in [3.8, 4) is 0 Å². The van der Waals surface area contributed by atoms with Crippen LogP contribution in [0.3, 0.4) is 0 Å². The molecule has 4 atom stereocenters. The number of aliphatic hydroxyl groups is 3. The van der Waals surface area contributed by atoms with E-state index in [1.54, 1.807) is 0 Å². The van der Waals surface area contributed by atoms with Crippen LogP contribution >= 0.6 is 0 Å². The average molecular weight is 259 g/mol. The van der Waals surface area contributed by atoms with Gasteiger partial charge in [-0.3, -0.25) is 4.55 Å². The molecule has 0 unspecified atom stereocenters. The van der Waals surface area contributed by atoms with E-state index < -0.39 is 41.4 Å². The van der Waals surface area contributed by atoms with Crippen molar-refractivity contribution < 1.29 is 37.3 Å². The fourth-order valence-electron chi connectivity index (χ4n) is 0.790. The normalized spacial score (nSPS) is 19.8. The lowest BCUT2D eigenvalue weighted by molar-refractivity contribution is -0.117. The van der Waals surface area contributed by atoms with Crippen LogP contribution in [-0.2, 0) is 19.4 Å². The molecule has 0 saturated heterocycles. The minimum atomic E-state index is -4.76. The van der Waals surface area contributed by atoms with E-state index in [2.05, 4.69) is 4.18 Å². The van der Waals surface area contributed by atoms with Gasteiger partial charge in [-0.1, -0.05) is 0 Å². The minimum absolute atomic E-state index is 0.143. The van der Waals surface area contributed by atoms with Crippen LogP contribution in [0.5, 0.6) is 0 Å². The van der Waals surface area contributed by atoms with E-state index in [0.29, 0.717) is 0 Å². The smallest absolute Gasteiger partial charge is 0.388 e. The Bertz CT molecular complexity index is 316. The molecule has 10 heteroatoms. The van der Waals surface area contributed by atoms with E-state index in [-0.39, 0.29) is 6.29 Å². The van der Waals surface area contributed by atoms with Gasteiger partial charge in [0.15, 0.2) is 0 Å². The topological polar surface area (TPSA) is 167 Å². The monoisotopic (exact) mass is 259 g/mol. The van der Waals surface area contributed by atoms with Gasteiger partial charge in [0.2, 0.25) is 0 Å². The summed E-state index contributed by atoms with van der Waals surface area (Å²) in [7, 11) is -4.76. The van der Waals surface area contributed by atoms with Gasteiger partial charge in [-0.25, -0.2) is 4.18 Å². The van der Waals surface area contributed by atoms with E-state index >= 15 is 0 Å². The molecule has 96 valence electrons. The van der Waals surface area contributed by atoms with Gasteiger partial charge >= 0.3 is 10.4 Å². The lowest BCUT2D eigenvalue weighted by atomic mass is 10.0. The molecule has 0 aromatic heterocycles. The molecule has 6 N–H and O–H groups in total. The number of rotatable bonds is 7. The Balaban J connectivity index is 4.27. The van der Waals surface area contributed by atoms with Crippen molar-refractivity contribution >= 4 is 16.7 Å². The summed E-state index contributed by atoms with van der Waals surface area (Å²) < 4.78 is 32.1. The highest BCUT2D eigenvalue weighted by molar-refractivity contribution is 7.80. The molecule has 16 heavy (non-hydrogen) atoms. The summed E-state index contributed by atoms with van der Waals surface area (Å²) in [6.07, 6.45) is -5.35. The molecule has 0 heterocycles. The third kappa shape index (κ3) is 5.46. The van der Waals surface area contributed by atoms with E-state index in [0.717, 1.165) is 0 Å². The van der Waals surface area contributed by atoms with Gasteiger partial charge in [-0.15, -0.1) is 0 Å². The summed E-state index contributed by atoms with van der Waals surface area (Å²) >= 11 is 0. The molecule has 0 radical (unpaired) electrons.